The molecular formula is C28H35N5O4. The van der Waals surface area contributed by atoms with Crippen LogP contribution < -0.4 is 25.0 Å². The molecule has 6 bridgehead atoms. The van der Waals surface area contributed by atoms with E-state index in [0.717, 1.165) is 61.2 Å². The summed E-state index contributed by atoms with van der Waals surface area (Å²) in [5.41, 5.74) is 2.77. The van der Waals surface area contributed by atoms with Crippen molar-refractivity contribution >= 4 is 28.3 Å². The molecule has 3 heterocycles. The summed E-state index contributed by atoms with van der Waals surface area (Å²) in [7, 11) is 0. The number of aromatic nitrogens is 2. The first-order chi connectivity index (χ1) is 18.2. The molecule has 2 N–H and O–H groups in total. The first kappa shape index (κ1) is 25.1. The summed E-state index contributed by atoms with van der Waals surface area (Å²) >= 11 is 0. The summed E-state index contributed by atoms with van der Waals surface area (Å²) < 4.78 is 17.6. The largest absolute Gasteiger partial charge is 0.494 e. The molecular weight excluding hydrogens is 470 g/mol. The normalized spacial score (nSPS) is 19.9. The van der Waals surface area contributed by atoms with Gasteiger partial charge in [0.2, 0.25) is 0 Å². The molecule has 1 saturated heterocycles. The number of carbonyl (C=O) groups excluding carboxylic acids is 1. The Hall–Kier alpha value is -3.59. The summed E-state index contributed by atoms with van der Waals surface area (Å²) in [5.74, 6) is 2.01. The monoisotopic (exact) mass is 505 g/mol. The predicted molar refractivity (Wildman–Crippen MR) is 144 cm³/mol. The number of fused-ring (bicyclic) bond motifs is 2. The number of rotatable bonds is 1. The van der Waals surface area contributed by atoms with Gasteiger partial charge in [-0.1, -0.05) is 25.0 Å². The van der Waals surface area contributed by atoms with Crippen molar-refractivity contribution in [2.24, 2.45) is 0 Å². The van der Waals surface area contributed by atoms with E-state index in [1.807, 2.05) is 18.2 Å². The Bertz CT molecular complexity index is 1210. The van der Waals surface area contributed by atoms with E-state index in [4.69, 9.17) is 14.2 Å². The van der Waals surface area contributed by atoms with Gasteiger partial charge >= 0.3 is 0 Å². The Morgan fingerprint density at radius 1 is 0.973 bits per heavy atom. The van der Waals surface area contributed by atoms with E-state index in [9.17, 15) is 4.79 Å². The molecule has 0 radical (unpaired) electrons. The maximum atomic E-state index is 12.5. The molecule has 1 atom stereocenters. The standard InChI is InChI=1S/C28H35N5O4/c1-20-21-7-6-8-23(15-21)36-12-5-3-2-4-9-29-26(34)18-37-25-17-22(33-10-13-35-14-11-33)16-24-27(25)30-19-31-28(24)32-20/h6-8,15-17,19-20H,2-5,9-14,18H2,1H3,(H,29,34)(H,30,31,32)/t20-/m0/s1. The molecule has 0 unspecified atom stereocenters. The van der Waals surface area contributed by atoms with Gasteiger partial charge in [-0.3, -0.25) is 4.79 Å². The highest BCUT2D eigenvalue weighted by Gasteiger charge is 2.19. The zero-order chi connectivity index (χ0) is 25.5. The number of ether oxygens (including phenoxy) is 3. The van der Waals surface area contributed by atoms with Crippen LogP contribution in [0.25, 0.3) is 10.9 Å². The molecule has 2 aromatic carbocycles. The summed E-state index contributed by atoms with van der Waals surface area (Å²) in [4.78, 5) is 23.9. The highest BCUT2D eigenvalue weighted by molar-refractivity contribution is 5.96. The van der Waals surface area contributed by atoms with Crippen molar-refractivity contribution < 1.29 is 19.0 Å². The van der Waals surface area contributed by atoms with Gasteiger partial charge in [-0.2, -0.15) is 0 Å². The number of anilines is 2. The summed E-state index contributed by atoms with van der Waals surface area (Å²) in [6.45, 7) is 6.25. The average Bonchev–Trinajstić information content (AvgIpc) is 2.93. The fraction of sp³-hybridized carbons (Fsp3) is 0.464. The van der Waals surface area contributed by atoms with E-state index in [2.05, 4.69) is 50.6 Å². The number of benzene rings is 2. The Kier molecular flexibility index (Phi) is 8.20. The first-order valence-corrected chi connectivity index (χ1v) is 13.2. The second kappa shape index (κ2) is 12.1. The van der Waals surface area contributed by atoms with E-state index >= 15 is 0 Å². The van der Waals surface area contributed by atoms with E-state index < -0.39 is 0 Å². The smallest absolute Gasteiger partial charge is 0.257 e. The van der Waals surface area contributed by atoms with Gasteiger partial charge in [0.25, 0.3) is 5.91 Å². The van der Waals surface area contributed by atoms with Gasteiger partial charge in [0.05, 0.1) is 25.9 Å². The van der Waals surface area contributed by atoms with Crippen molar-refractivity contribution in [1.29, 1.82) is 0 Å². The number of carbonyl (C=O) groups is 1. The molecule has 3 aromatic rings. The van der Waals surface area contributed by atoms with E-state index in [1.54, 1.807) is 0 Å². The number of hydrogen-bond donors (Lipinski definition) is 2. The molecule has 0 aliphatic carbocycles. The lowest BCUT2D eigenvalue weighted by Gasteiger charge is -2.29. The maximum Gasteiger partial charge on any atom is 0.257 e. The lowest BCUT2D eigenvalue weighted by atomic mass is 10.1. The highest BCUT2D eigenvalue weighted by Crippen LogP contribution is 2.35. The molecule has 9 nitrogen and oxygen atoms in total. The minimum atomic E-state index is -0.137. The van der Waals surface area contributed by atoms with Gasteiger partial charge in [-0.25, -0.2) is 9.97 Å². The van der Waals surface area contributed by atoms with Crippen LogP contribution >= 0.6 is 0 Å². The molecule has 37 heavy (non-hydrogen) atoms. The molecule has 5 rings (SSSR count). The van der Waals surface area contributed by atoms with Crippen LogP contribution in [0.5, 0.6) is 11.5 Å². The summed E-state index contributed by atoms with van der Waals surface area (Å²) in [5, 5.41) is 7.37. The third-order valence-corrected chi connectivity index (χ3v) is 6.80. The van der Waals surface area contributed by atoms with Crippen molar-refractivity contribution in [2.75, 3.05) is 56.3 Å². The van der Waals surface area contributed by atoms with E-state index in [1.165, 1.54) is 6.33 Å². The molecule has 1 amide bonds. The molecule has 9 heteroatoms. The Morgan fingerprint density at radius 2 is 1.84 bits per heavy atom. The summed E-state index contributed by atoms with van der Waals surface area (Å²) in [6, 6.07) is 12.2. The number of amides is 1. The van der Waals surface area contributed by atoms with E-state index in [0.29, 0.717) is 43.4 Å². The zero-order valence-electron chi connectivity index (χ0n) is 21.4. The Morgan fingerprint density at radius 3 is 2.73 bits per heavy atom. The van der Waals surface area contributed by atoms with Crippen molar-refractivity contribution in [1.82, 2.24) is 15.3 Å². The van der Waals surface area contributed by atoms with E-state index in [-0.39, 0.29) is 18.6 Å². The molecule has 2 aliphatic heterocycles. The minimum absolute atomic E-state index is 0.0190. The van der Waals surface area contributed by atoms with Gasteiger partial charge < -0.3 is 29.7 Å². The van der Waals surface area contributed by atoms with Crippen LogP contribution in [0, 0.1) is 0 Å². The van der Waals surface area contributed by atoms with Crippen LogP contribution in [0.3, 0.4) is 0 Å². The number of nitrogens with zero attached hydrogens (tertiary/aromatic N) is 3. The van der Waals surface area contributed by atoms with Crippen LogP contribution in [0.4, 0.5) is 11.5 Å². The lowest BCUT2D eigenvalue weighted by Crippen LogP contribution is -2.36. The molecule has 0 spiro atoms. The van der Waals surface area contributed by atoms with Crippen molar-refractivity contribution in [3.8, 4) is 11.5 Å². The Balaban J connectivity index is 1.51. The zero-order valence-corrected chi connectivity index (χ0v) is 21.4. The minimum Gasteiger partial charge on any atom is -0.494 e. The fourth-order valence-corrected chi connectivity index (χ4v) is 4.70. The van der Waals surface area contributed by atoms with Gasteiger partial charge in [0.15, 0.2) is 6.61 Å². The van der Waals surface area contributed by atoms with Crippen molar-refractivity contribution in [2.45, 2.75) is 38.6 Å². The van der Waals surface area contributed by atoms with Gasteiger partial charge in [0, 0.05) is 36.8 Å². The molecule has 1 fully saturated rings. The molecule has 2 aliphatic rings. The number of hydrogen-bond acceptors (Lipinski definition) is 8. The molecule has 1 aromatic heterocycles. The SMILES string of the molecule is C[C@@H]1Nc2ncnc3c(cc(N4CCOCC4)cc23)OCC(=O)NCCCCCCOc2cccc1c2. The number of nitrogens with one attached hydrogen (secondary N) is 2. The quantitative estimate of drug-likeness (QED) is 0.511. The van der Waals surface area contributed by atoms with Crippen LogP contribution in [0.2, 0.25) is 0 Å². The fourth-order valence-electron chi connectivity index (χ4n) is 4.70. The van der Waals surface area contributed by atoms with Crippen LogP contribution in [-0.4, -0.2) is 61.9 Å². The third-order valence-electron chi connectivity index (χ3n) is 6.80. The first-order valence-electron chi connectivity index (χ1n) is 13.2. The van der Waals surface area contributed by atoms with Gasteiger partial charge in [0.1, 0.15) is 29.2 Å². The van der Waals surface area contributed by atoms with Crippen LogP contribution in [-0.2, 0) is 9.53 Å². The van der Waals surface area contributed by atoms with Crippen molar-refractivity contribution in [3.05, 3.63) is 48.3 Å². The van der Waals surface area contributed by atoms with Crippen LogP contribution in [0.1, 0.15) is 44.2 Å². The number of morpholine rings is 1. The second-order valence-electron chi connectivity index (χ2n) is 9.50. The molecule has 0 saturated carbocycles. The lowest BCUT2D eigenvalue weighted by molar-refractivity contribution is -0.123. The maximum absolute atomic E-state index is 12.5. The average molecular weight is 506 g/mol. The van der Waals surface area contributed by atoms with Crippen LogP contribution in [0.15, 0.2) is 42.7 Å². The highest BCUT2D eigenvalue weighted by atomic mass is 16.5. The predicted octanol–water partition coefficient (Wildman–Crippen LogP) is 4.09. The Labute approximate surface area is 217 Å². The van der Waals surface area contributed by atoms with Gasteiger partial charge in [-0.05, 0) is 43.5 Å². The van der Waals surface area contributed by atoms with Crippen molar-refractivity contribution in [3.63, 3.8) is 0 Å². The second-order valence-corrected chi connectivity index (χ2v) is 9.50. The topological polar surface area (TPSA) is 97.8 Å². The van der Waals surface area contributed by atoms with Gasteiger partial charge in [-0.15, -0.1) is 0 Å². The third kappa shape index (κ3) is 6.40. The molecule has 196 valence electrons. The summed E-state index contributed by atoms with van der Waals surface area (Å²) in [6.07, 6.45) is 5.54.